The number of thiophene rings is 1. The van der Waals surface area contributed by atoms with Crippen molar-refractivity contribution < 1.29 is 14.4 Å². The van der Waals surface area contributed by atoms with Crippen molar-refractivity contribution >= 4 is 23.2 Å². The van der Waals surface area contributed by atoms with E-state index in [9.17, 15) is 9.59 Å². The molecule has 0 N–H and O–H groups in total. The van der Waals surface area contributed by atoms with Crippen molar-refractivity contribution in [1.29, 1.82) is 0 Å². The van der Waals surface area contributed by atoms with Crippen molar-refractivity contribution in [3.8, 4) is 0 Å². The summed E-state index contributed by atoms with van der Waals surface area (Å²) in [4.78, 5) is 34.2. The molecule has 2 amide bonds. The van der Waals surface area contributed by atoms with Crippen LogP contribution >= 0.6 is 11.3 Å². The van der Waals surface area contributed by atoms with Crippen molar-refractivity contribution in [3.05, 3.63) is 58.3 Å². The Morgan fingerprint density at radius 3 is 2.57 bits per heavy atom. The van der Waals surface area contributed by atoms with Gasteiger partial charge in [0.15, 0.2) is 0 Å². The number of amides is 2. The maximum absolute atomic E-state index is 12.6. The van der Waals surface area contributed by atoms with E-state index >= 15 is 0 Å². The SMILES string of the molecule is O=C(CCc1cccs1)N1CCC2(CCC(=O)N2OCc2ccccc2)CC1. The number of aryl methyl sites for hydroxylation is 1. The van der Waals surface area contributed by atoms with Gasteiger partial charge >= 0.3 is 0 Å². The van der Waals surface area contributed by atoms with Crippen LogP contribution in [-0.2, 0) is 27.5 Å². The van der Waals surface area contributed by atoms with E-state index in [1.807, 2.05) is 46.7 Å². The molecule has 2 aliphatic heterocycles. The summed E-state index contributed by atoms with van der Waals surface area (Å²) in [6.07, 6.45) is 4.29. The lowest BCUT2D eigenvalue weighted by molar-refractivity contribution is -0.222. The Morgan fingerprint density at radius 2 is 1.86 bits per heavy atom. The number of hydrogen-bond acceptors (Lipinski definition) is 4. The fraction of sp³-hybridized carbons (Fsp3) is 0.455. The highest BCUT2D eigenvalue weighted by atomic mass is 32.1. The minimum absolute atomic E-state index is 0.0633. The number of benzene rings is 1. The lowest BCUT2D eigenvalue weighted by atomic mass is 9.86. The number of hydroxylamine groups is 2. The summed E-state index contributed by atoms with van der Waals surface area (Å²) in [6, 6.07) is 14.0. The molecule has 2 aromatic rings. The number of hydrogen-bond donors (Lipinski definition) is 0. The van der Waals surface area contributed by atoms with Crippen LogP contribution in [0, 0.1) is 0 Å². The van der Waals surface area contributed by atoms with Crippen LogP contribution in [0.2, 0.25) is 0 Å². The van der Waals surface area contributed by atoms with Gasteiger partial charge < -0.3 is 4.90 Å². The van der Waals surface area contributed by atoms with Gasteiger partial charge in [-0.25, -0.2) is 5.06 Å². The van der Waals surface area contributed by atoms with Crippen molar-refractivity contribution in [2.45, 2.75) is 50.7 Å². The Hall–Kier alpha value is -2.18. The fourth-order valence-corrected chi connectivity index (χ4v) is 4.91. The quantitative estimate of drug-likeness (QED) is 0.744. The predicted octanol–water partition coefficient (Wildman–Crippen LogP) is 3.80. The van der Waals surface area contributed by atoms with Crippen LogP contribution in [0.4, 0.5) is 0 Å². The van der Waals surface area contributed by atoms with Crippen molar-refractivity contribution in [2.24, 2.45) is 0 Å². The van der Waals surface area contributed by atoms with E-state index in [4.69, 9.17) is 4.84 Å². The lowest BCUT2D eigenvalue weighted by Gasteiger charge is -2.43. The van der Waals surface area contributed by atoms with Crippen LogP contribution in [0.5, 0.6) is 0 Å². The van der Waals surface area contributed by atoms with Gasteiger partial charge in [0.1, 0.15) is 6.61 Å². The number of likely N-dealkylation sites (tertiary alicyclic amines) is 1. The highest BCUT2D eigenvalue weighted by Gasteiger charge is 2.48. The van der Waals surface area contributed by atoms with Gasteiger partial charge in [-0.3, -0.25) is 14.4 Å². The van der Waals surface area contributed by atoms with Crippen molar-refractivity contribution in [3.63, 3.8) is 0 Å². The smallest absolute Gasteiger partial charge is 0.246 e. The van der Waals surface area contributed by atoms with E-state index in [2.05, 4.69) is 6.07 Å². The maximum atomic E-state index is 12.6. The van der Waals surface area contributed by atoms with E-state index in [0.29, 0.717) is 32.5 Å². The van der Waals surface area contributed by atoms with Gasteiger partial charge in [0.05, 0.1) is 5.54 Å². The third kappa shape index (κ3) is 4.13. The van der Waals surface area contributed by atoms with Crippen molar-refractivity contribution in [1.82, 2.24) is 9.96 Å². The summed E-state index contributed by atoms with van der Waals surface area (Å²) < 4.78 is 0. The molecule has 6 heteroatoms. The lowest BCUT2D eigenvalue weighted by Crippen LogP contribution is -2.54. The van der Waals surface area contributed by atoms with Crippen LogP contribution in [0.25, 0.3) is 0 Å². The summed E-state index contributed by atoms with van der Waals surface area (Å²) >= 11 is 1.70. The summed E-state index contributed by atoms with van der Waals surface area (Å²) in [5, 5.41) is 3.68. The highest BCUT2D eigenvalue weighted by Crippen LogP contribution is 2.39. The summed E-state index contributed by atoms with van der Waals surface area (Å²) in [6.45, 7) is 1.79. The van der Waals surface area contributed by atoms with Crippen LogP contribution in [-0.4, -0.2) is 40.4 Å². The first kappa shape index (κ1) is 19.2. The molecule has 5 nitrogen and oxygen atoms in total. The van der Waals surface area contributed by atoms with Gasteiger partial charge in [0.2, 0.25) is 11.8 Å². The first-order valence-corrected chi connectivity index (χ1v) is 10.8. The zero-order chi connectivity index (χ0) is 19.4. The third-order valence-corrected chi connectivity index (χ3v) is 6.81. The molecule has 0 atom stereocenters. The first-order valence-electron chi connectivity index (χ1n) is 9.96. The molecule has 1 spiro atoms. The predicted molar refractivity (Wildman–Crippen MR) is 108 cm³/mol. The molecule has 3 heterocycles. The van der Waals surface area contributed by atoms with E-state index in [1.54, 1.807) is 16.4 Å². The fourth-order valence-electron chi connectivity index (χ4n) is 4.20. The van der Waals surface area contributed by atoms with Gasteiger partial charge in [-0.05, 0) is 42.7 Å². The largest absolute Gasteiger partial charge is 0.343 e. The molecule has 28 heavy (non-hydrogen) atoms. The molecule has 2 saturated heterocycles. The molecular weight excluding hydrogens is 372 g/mol. The van der Waals surface area contributed by atoms with Gasteiger partial charge in [0.25, 0.3) is 0 Å². The third-order valence-electron chi connectivity index (χ3n) is 5.88. The van der Waals surface area contributed by atoms with Crippen LogP contribution in [0.15, 0.2) is 47.8 Å². The molecule has 0 aliphatic carbocycles. The number of nitrogens with zero attached hydrogens (tertiary/aromatic N) is 2. The number of carbonyl (C=O) groups excluding carboxylic acids is 2. The average molecular weight is 399 g/mol. The molecule has 1 aromatic carbocycles. The summed E-state index contributed by atoms with van der Waals surface area (Å²) in [5.74, 6) is 0.276. The Kier molecular flexibility index (Phi) is 5.78. The minimum Gasteiger partial charge on any atom is -0.343 e. The van der Waals surface area contributed by atoms with E-state index in [0.717, 1.165) is 31.2 Å². The second kappa shape index (κ2) is 8.45. The van der Waals surface area contributed by atoms with Gasteiger partial charge in [-0.1, -0.05) is 36.4 Å². The maximum Gasteiger partial charge on any atom is 0.246 e. The Morgan fingerprint density at radius 1 is 1.07 bits per heavy atom. The summed E-state index contributed by atoms with van der Waals surface area (Å²) in [5.41, 5.74) is 0.801. The summed E-state index contributed by atoms with van der Waals surface area (Å²) in [7, 11) is 0. The Labute approximate surface area is 169 Å². The molecule has 4 rings (SSSR count). The first-order chi connectivity index (χ1) is 13.7. The topological polar surface area (TPSA) is 49.9 Å². The molecule has 148 valence electrons. The minimum atomic E-state index is -0.254. The van der Waals surface area contributed by atoms with Crippen LogP contribution in [0.1, 0.15) is 42.5 Å². The van der Waals surface area contributed by atoms with Gasteiger partial charge in [-0.2, -0.15) is 0 Å². The highest BCUT2D eigenvalue weighted by molar-refractivity contribution is 7.09. The molecular formula is C22H26N2O3S. The number of rotatable bonds is 6. The molecule has 0 saturated carbocycles. The Balaban J connectivity index is 1.32. The zero-order valence-electron chi connectivity index (χ0n) is 16.0. The monoisotopic (exact) mass is 398 g/mol. The molecule has 1 aromatic heterocycles. The van der Waals surface area contributed by atoms with E-state index in [-0.39, 0.29) is 17.4 Å². The molecule has 0 bridgehead atoms. The molecule has 2 aliphatic rings. The van der Waals surface area contributed by atoms with Gasteiger partial charge in [-0.15, -0.1) is 11.3 Å². The molecule has 2 fully saturated rings. The Bertz CT molecular complexity index is 798. The van der Waals surface area contributed by atoms with E-state index < -0.39 is 0 Å². The number of piperidine rings is 1. The van der Waals surface area contributed by atoms with Crippen LogP contribution < -0.4 is 0 Å². The number of carbonyl (C=O) groups is 2. The van der Waals surface area contributed by atoms with Crippen LogP contribution in [0.3, 0.4) is 0 Å². The second-order valence-corrected chi connectivity index (χ2v) is 8.66. The molecule has 0 unspecified atom stereocenters. The van der Waals surface area contributed by atoms with Crippen molar-refractivity contribution in [2.75, 3.05) is 13.1 Å². The average Bonchev–Trinajstić information content (AvgIpc) is 3.35. The zero-order valence-corrected chi connectivity index (χ0v) is 16.8. The normalized spacial score (nSPS) is 18.8. The second-order valence-electron chi connectivity index (χ2n) is 7.63. The molecule has 0 radical (unpaired) electrons. The van der Waals surface area contributed by atoms with Gasteiger partial charge in [0, 0.05) is 30.8 Å². The standard InChI is InChI=1S/C22H26N2O3S/c25-20(9-8-19-7-4-16-28-19)23-14-12-22(13-15-23)11-10-21(26)24(22)27-17-18-5-2-1-3-6-18/h1-7,16H,8-15,17H2. The van der Waals surface area contributed by atoms with E-state index in [1.165, 1.54) is 4.88 Å².